The fraction of sp³-hybridized carbons (Fsp3) is 0.257. The molecule has 0 atom stereocenters. The molecule has 1 fully saturated rings. The van der Waals surface area contributed by atoms with Crippen molar-refractivity contribution in [3.8, 4) is 11.5 Å². The van der Waals surface area contributed by atoms with Gasteiger partial charge in [0.1, 0.15) is 6.61 Å². The summed E-state index contributed by atoms with van der Waals surface area (Å²) in [5.74, 6) is 1.76. The maximum Gasteiger partial charge on any atom is 0.271 e. The van der Waals surface area contributed by atoms with Crippen LogP contribution in [0.15, 0.2) is 108 Å². The van der Waals surface area contributed by atoms with E-state index >= 15 is 0 Å². The van der Waals surface area contributed by atoms with E-state index in [1.165, 1.54) is 30.4 Å². The molecule has 1 aliphatic heterocycles. The van der Waals surface area contributed by atoms with Crippen LogP contribution in [-0.4, -0.2) is 37.2 Å². The molecule has 6 nitrogen and oxygen atoms in total. The zero-order valence-electron chi connectivity index (χ0n) is 23.5. The molecule has 0 spiro atoms. The SMILES string of the molecule is COc1cc(/C=N\NC(=O)c2ccc(CN3CCC(Cc4ccccc4)CC3)cc2)ccc1OCc1ccccc1. The van der Waals surface area contributed by atoms with E-state index in [2.05, 4.69) is 45.8 Å². The highest BCUT2D eigenvalue weighted by Gasteiger charge is 2.19. The van der Waals surface area contributed by atoms with Gasteiger partial charge in [-0.3, -0.25) is 9.69 Å². The lowest BCUT2D eigenvalue weighted by molar-refractivity contribution is 0.0955. The number of rotatable bonds is 11. The van der Waals surface area contributed by atoms with Gasteiger partial charge in [0, 0.05) is 12.1 Å². The number of nitrogens with one attached hydrogen (secondary N) is 1. The largest absolute Gasteiger partial charge is 0.493 e. The summed E-state index contributed by atoms with van der Waals surface area (Å²) >= 11 is 0. The number of likely N-dealkylation sites (tertiary alicyclic amines) is 1. The zero-order chi connectivity index (χ0) is 28.3. The lowest BCUT2D eigenvalue weighted by atomic mass is 9.90. The van der Waals surface area contributed by atoms with Crippen LogP contribution in [0.1, 0.15) is 45.5 Å². The van der Waals surface area contributed by atoms with Crippen LogP contribution in [0.25, 0.3) is 0 Å². The van der Waals surface area contributed by atoms with Gasteiger partial charge in [-0.1, -0.05) is 72.8 Å². The number of nitrogens with zero attached hydrogens (tertiary/aromatic N) is 2. The van der Waals surface area contributed by atoms with Gasteiger partial charge in [-0.05, 0) is 90.9 Å². The van der Waals surface area contributed by atoms with Crippen LogP contribution < -0.4 is 14.9 Å². The second kappa shape index (κ2) is 14.3. The predicted molar refractivity (Wildman–Crippen MR) is 163 cm³/mol. The highest BCUT2D eigenvalue weighted by molar-refractivity contribution is 5.95. The van der Waals surface area contributed by atoms with E-state index in [1.807, 2.05) is 72.8 Å². The Morgan fingerprint density at radius 3 is 2.22 bits per heavy atom. The number of piperidine rings is 1. The quantitative estimate of drug-likeness (QED) is 0.172. The van der Waals surface area contributed by atoms with E-state index < -0.39 is 0 Å². The number of carbonyl (C=O) groups is 1. The minimum absolute atomic E-state index is 0.246. The monoisotopic (exact) mass is 547 g/mol. The van der Waals surface area contributed by atoms with Crippen molar-refractivity contribution >= 4 is 12.1 Å². The summed E-state index contributed by atoms with van der Waals surface area (Å²) in [5.41, 5.74) is 7.72. The molecule has 0 unspecified atom stereocenters. The number of carbonyl (C=O) groups excluding carboxylic acids is 1. The van der Waals surface area contributed by atoms with E-state index in [0.29, 0.717) is 23.7 Å². The number of ether oxygens (including phenoxy) is 2. The Bertz CT molecular complexity index is 1410. The summed E-state index contributed by atoms with van der Waals surface area (Å²) in [5, 5.41) is 4.14. The molecule has 1 amide bonds. The highest BCUT2D eigenvalue weighted by atomic mass is 16.5. The molecule has 4 aromatic rings. The van der Waals surface area contributed by atoms with Gasteiger partial charge in [-0.15, -0.1) is 0 Å². The van der Waals surface area contributed by atoms with Crippen LogP contribution in [0.5, 0.6) is 11.5 Å². The van der Waals surface area contributed by atoms with Crippen LogP contribution in [0.4, 0.5) is 0 Å². The normalized spacial score (nSPS) is 14.2. The van der Waals surface area contributed by atoms with E-state index in [-0.39, 0.29) is 5.91 Å². The van der Waals surface area contributed by atoms with Gasteiger partial charge in [0.05, 0.1) is 13.3 Å². The molecule has 1 heterocycles. The minimum Gasteiger partial charge on any atom is -0.493 e. The van der Waals surface area contributed by atoms with E-state index in [4.69, 9.17) is 9.47 Å². The molecule has 5 rings (SSSR count). The van der Waals surface area contributed by atoms with E-state index in [9.17, 15) is 4.79 Å². The Labute approximate surface area is 242 Å². The number of methoxy groups -OCH3 is 1. The fourth-order valence-corrected chi connectivity index (χ4v) is 5.16. The predicted octanol–water partition coefficient (Wildman–Crippen LogP) is 6.49. The van der Waals surface area contributed by atoms with Gasteiger partial charge in [0.15, 0.2) is 11.5 Å². The average molecular weight is 548 g/mol. The molecule has 0 radical (unpaired) electrons. The second-order valence-electron chi connectivity index (χ2n) is 10.5. The van der Waals surface area contributed by atoms with Crippen molar-refractivity contribution in [2.45, 2.75) is 32.4 Å². The van der Waals surface area contributed by atoms with Gasteiger partial charge in [0.2, 0.25) is 0 Å². The number of hydrazone groups is 1. The van der Waals surface area contributed by atoms with Gasteiger partial charge < -0.3 is 9.47 Å². The molecular formula is C35H37N3O3. The van der Waals surface area contributed by atoms with Gasteiger partial charge >= 0.3 is 0 Å². The van der Waals surface area contributed by atoms with Crippen molar-refractivity contribution in [2.75, 3.05) is 20.2 Å². The Morgan fingerprint density at radius 1 is 0.854 bits per heavy atom. The van der Waals surface area contributed by atoms with Crippen molar-refractivity contribution in [1.29, 1.82) is 0 Å². The van der Waals surface area contributed by atoms with Gasteiger partial charge in [0.25, 0.3) is 5.91 Å². The van der Waals surface area contributed by atoms with Crippen LogP contribution in [-0.2, 0) is 19.6 Å². The molecule has 1 aliphatic rings. The molecule has 0 aromatic heterocycles. The third-order valence-electron chi connectivity index (χ3n) is 7.50. The van der Waals surface area contributed by atoms with Crippen LogP contribution in [0.2, 0.25) is 0 Å². The molecule has 41 heavy (non-hydrogen) atoms. The fourth-order valence-electron chi connectivity index (χ4n) is 5.16. The topological polar surface area (TPSA) is 63.2 Å². The number of amides is 1. The Kier molecular flexibility index (Phi) is 9.80. The lowest BCUT2D eigenvalue weighted by Gasteiger charge is -2.32. The van der Waals surface area contributed by atoms with E-state index in [0.717, 1.165) is 36.7 Å². The molecule has 1 N–H and O–H groups in total. The summed E-state index contributed by atoms with van der Waals surface area (Å²) in [7, 11) is 1.60. The number of benzene rings is 4. The lowest BCUT2D eigenvalue weighted by Crippen LogP contribution is -2.33. The molecule has 0 saturated carbocycles. The Balaban J connectivity index is 1.07. The maximum atomic E-state index is 12.6. The van der Waals surface area contributed by atoms with E-state index in [1.54, 1.807) is 13.3 Å². The molecule has 4 aromatic carbocycles. The third kappa shape index (κ3) is 8.29. The molecule has 210 valence electrons. The third-order valence-corrected chi connectivity index (χ3v) is 7.50. The summed E-state index contributed by atoms with van der Waals surface area (Å²) in [6.07, 6.45) is 5.21. The average Bonchev–Trinajstić information content (AvgIpc) is 3.02. The minimum atomic E-state index is -0.246. The van der Waals surface area contributed by atoms with Gasteiger partial charge in [-0.25, -0.2) is 5.43 Å². The molecular weight excluding hydrogens is 510 g/mol. The maximum absolute atomic E-state index is 12.6. The van der Waals surface area contributed by atoms with Crippen LogP contribution in [0, 0.1) is 5.92 Å². The van der Waals surface area contributed by atoms with Crippen LogP contribution in [0.3, 0.4) is 0 Å². The van der Waals surface area contributed by atoms with Crippen molar-refractivity contribution in [2.24, 2.45) is 11.0 Å². The van der Waals surface area contributed by atoms with Crippen LogP contribution >= 0.6 is 0 Å². The Morgan fingerprint density at radius 2 is 1.54 bits per heavy atom. The van der Waals surface area contributed by atoms with Crippen molar-refractivity contribution in [1.82, 2.24) is 10.3 Å². The molecule has 6 heteroatoms. The standard InChI is InChI=1S/C35H37N3O3/c1-40-34-23-31(14-17-33(34)41-26-30-10-6-3-7-11-30)24-36-37-35(39)32-15-12-29(13-16-32)25-38-20-18-28(19-21-38)22-27-8-4-2-5-9-27/h2-17,23-24,28H,18-22,25-26H2,1H3,(H,37,39)/b36-24-. The first kappa shape index (κ1) is 28.1. The Hall–Kier alpha value is -4.42. The molecule has 1 saturated heterocycles. The summed E-state index contributed by atoms with van der Waals surface area (Å²) in [6, 6.07) is 34.1. The molecule has 0 bridgehead atoms. The van der Waals surface area contributed by atoms with Crippen molar-refractivity contribution in [3.05, 3.63) is 131 Å². The summed E-state index contributed by atoms with van der Waals surface area (Å²) < 4.78 is 11.4. The number of hydrogen-bond acceptors (Lipinski definition) is 5. The highest BCUT2D eigenvalue weighted by Crippen LogP contribution is 2.28. The summed E-state index contributed by atoms with van der Waals surface area (Å²) in [6.45, 7) is 3.58. The van der Waals surface area contributed by atoms with Crippen molar-refractivity contribution < 1.29 is 14.3 Å². The first-order chi connectivity index (χ1) is 20.2. The first-order valence-corrected chi connectivity index (χ1v) is 14.2. The zero-order valence-corrected chi connectivity index (χ0v) is 23.5. The van der Waals surface area contributed by atoms with Gasteiger partial charge in [-0.2, -0.15) is 5.10 Å². The smallest absolute Gasteiger partial charge is 0.271 e. The summed E-state index contributed by atoms with van der Waals surface area (Å²) in [4.78, 5) is 15.1. The van der Waals surface area contributed by atoms with Crippen molar-refractivity contribution in [3.63, 3.8) is 0 Å². The first-order valence-electron chi connectivity index (χ1n) is 14.2. The number of hydrogen-bond donors (Lipinski definition) is 1. The molecule has 0 aliphatic carbocycles. The second-order valence-corrected chi connectivity index (χ2v) is 10.5.